The van der Waals surface area contributed by atoms with Gasteiger partial charge >= 0.3 is 12.1 Å². The Labute approximate surface area is 203 Å². The minimum Gasteiger partial charge on any atom is -0.493 e. The number of aromatic carboxylic acids is 1. The molecule has 0 aliphatic rings. The molecular weight excluding hydrogens is 494 g/mol. The topological polar surface area (TPSA) is 68.5 Å². The standard InChI is InChI=1S/C24H20Cl2F3NO4/c1-4-30-12(3)19(13-6-8-15(24(27,28)29)18(11-13)34-5-2)22(31)20(23(32)33)21(30)14-7-9-16(25)17(26)10-14/h6-11H,4-5H2,1-3H3,(H,32,33). The Hall–Kier alpha value is -2.97. The predicted molar refractivity (Wildman–Crippen MR) is 125 cm³/mol. The number of pyridine rings is 1. The first-order valence-corrected chi connectivity index (χ1v) is 11.0. The molecule has 0 amide bonds. The zero-order valence-electron chi connectivity index (χ0n) is 18.4. The molecule has 0 aliphatic carbocycles. The molecule has 1 N–H and O–H groups in total. The molecule has 3 aromatic rings. The first kappa shape index (κ1) is 25.6. The van der Waals surface area contributed by atoms with Gasteiger partial charge in [-0.05, 0) is 50.6 Å². The van der Waals surface area contributed by atoms with E-state index in [0.717, 1.165) is 18.2 Å². The normalized spacial score (nSPS) is 11.5. The van der Waals surface area contributed by atoms with Crippen molar-refractivity contribution in [1.82, 2.24) is 4.57 Å². The lowest BCUT2D eigenvalue weighted by molar-refractivity contribution is -0.138. The number of hydrogen-bond donors (Lipinski definition) is 1. The third kappa shape index (κ3) is 4.65. The van der Waals surface area contributed by atoms with Crippen molar-refractivity contribution in [3.8, 4) is 28.1 Å². The number of aromatic nitrogens is 1. The van der Waals surface area contributed by atoms with Crippen LogP contribution in [0.15, 0.2) is 41.2 Å². The fourth-order valence-corrected chi connectivity index (χ4v) is 4.20. The van der Waals surface area contributed by atoms with Crippen molar-refractivity contribution in [3.63, 3.8) is 0 Å². The van der Waals surface area contributed by atoms with Gasteiger partial charge in [0.15, 0.2) is 0 Å². The molecule has 34 heavy (non-hydrogen) atoms. The molecule has 0 spiro atoms. The molecule has 5 nitrogen and oxygen atoms in total. The van der Waals surface area contributed by atoms with Gasteiger partial charge in [-0.2, -0.15) is 13.2 Å². The summed E-state index contributed by atoms with van der Waals surface area (Å²) in [5.74, 6) is -1.92. The van der Waals surface area contributed by atoms with Gasteiger partial charge in [0.2, 0.25) is 5.43 Å². The second-order valence-electron chi connectivity index (χ2n) is 7.33. The first-order valence-electron chi connectivity index (χ1n) is 10.2. The third-order valence-corrected chi connectivity index (χ3v) is 6.07. The SMILES string of the molecule is CCOc1cc(-c2c(C)n(CC)c(-c3ccc(Cl)c(Cl)c3)c(C(=O)O)c2=O)ccc1C(F)(F)F. The molecule has 1 heterocycles. The summed E-state index contributed by atoms with van der Waals surface area (Å²) < 4.78 is 47.0. The summed E-state index contributed by atoms with van der Waals surface area (Å²) in [5, 5.41) is 10.4. The van der Waals surface area contributed by atoms with Gasteiger partial charge in [0.05, 0.1) is 27.9 Å². The molecule has 0 unspecified atom stereocenters. The van der Waals surface area contributed by atoms with E-state index in [1.165, 1.54) is 19.1 Å². The number of carboxylic acid groups (broad SMARTS) is 1. The van der Waals surface area contributed by atoms with E-state index in [2.05, 4.69) is 0 Å². The van der Waals surface area contributed by atoms with Crippen LogP contribution in [0.5, 0.6) is 5.75 Å². The number of ether oxygens (including phenoxy) is 1. The number of nitrogens with zero attached hydrogens (tertiary/aromatic N) is 1. The van der Waals surface area contributed by atoms with E-state index in [1.807, 2.05) is 0 Å². The van der Waals surface area contributed by atoms with Gasteiger partial charge in [-0.1, -0.05) is 35.3 Å². The van der Waals surface area contributed by atoms with Crippen molar-refractivity contribution in [2.45, 2.75) is 33.5 Å². The van der Waals surface area contributed by atoms with Crippen LogP contribution in [-0.4, -0.2) is 22.2 Å². The molecule has 0 radical (unpaired) electrons. The van der Waals surface area contributed by atoms with E-state index in [4.69, 9.17) is 27.9 Å². The Balaban J connectivity index is 2.40. The van der Waals surface area contributed by atoms with Gasteiger partial charge in [-0.15, -0.1) is 0 Å². The molecule has 0 bridgehead atoms. The Morgan fingerprint density at radius 3 is 2.24 bits per heavy atom. The summed E-state index contributed by atoms with van der Waals surface area (Å²) in [5.41, 5.74) is -1.41. The summed E-state index contributed by atoms with van der Waals surface area (Å²) >= 11 is 12.1. The Kier molecular flexibility index (Phi) is 7.33. The fraction of sp³-hybridized carbons (Fsp3) is 0.250. The van der Waals surface area contributed by atoms with E-state index < -0.39 is 34.5 Å². The van der Waals surface area contributed by atoms with Gasteiger partial charge < -0.3 is 14.4 Å². The average molecular weight is 514 g/mol. The van der Waals surface area contributed by atoms with Crippen LogP contribution in [0.25, 0.3) is 22.4 Å². The number of carboxylic acids is 1. The Morgan fingerprint density at radius 1 is 1.06 bits per heavy atom. The molecule has 0 aliphatic heterocycles. The summed E-state index contributed by atoms with van der Waals surface area (Å²) in [6, 6.07) is 7.57. The molecule has 0 atom stereocenters. The zero-order chi connectivity index (χ0) is 25.4. The number of halogens is 5. The van der Waals surface area contributed by atoms with Gasteiger partial charge in [-0.25, -0.2) is 4.79 Å². The summed E-state index contributed by atoms with van der Waals surface area (Å²) in [6.07, 6.45) is -4.66. The maximum atomic E-state index is 13.5. The van der Waals surface area contributed by atoms with Gasteiger partial charge in [0.1, 0.15) is 11.3 Å². The molecule has 180 valence electrons. The van der Waals surface area contributed by atoms with E-state index in [0.29, 0.717) is 11.3 Å². The molecule has 0 saturated carbocycles. The van der Waals surface area contributed by atoms with E-state index in [9.17, 15) is 27.9 Å². The highest BCUT2D eigenvalue weighted by Gasteiger charge is 2.35. The van der Waals surface area contributed by atoms with Crippen molar-refractivity contribution in [3.05, 3.63) is 73.5 Å². The largest absolute Gasteiger partial charge is 0.493 e. The second-order valence-corrected chi connectivity index (χ2v) is 8.15. The van der Waals surface area contributed by atoms with Gasteiger partial charge in [0, 0.05) is 23.4 Å². The third-order valence-electron chi connectivity index (χ3n) is 5.33. The lowest BCUT2D eigenvalue weighted by Crippen LogP contribution is -2.25. The van der Waals surface area contributed by atoms with Crippen LogP contribution in [0.2, 0.25) is 10.0 Å². The van der Waals surface area contributed by atoms with Crippen molar-refractivity contribution in [2.75, 3.05) is 6.61 Å². The van der Waals surface area contributed by atoms with Crippen molar-refractivity contribution >= 4 is 29.2 Å². The molecule has 10 heteroatoms. The van der Waals surface area contributed by atoms with Crippen LogP contribution < -0.4 is 10.2 Å². The Bertz CT molecular complexity index is 1330. The van der Waals surface area contributed by atoms with Gasteiger partial charge in [-0.3, -0.25) is 4.79 Å². The average Bonchev–Trinajstić information content (AvgIpc) is 2.74. The first-order chi connectivity index (χ1) is 15.9. The van der Waals surface area contributed by atoms with Crippen molar-refractivity contribution < 1.29 is 27.8 Å². The predicted octanol–water partition coefficient (Wildman–Crippen LogP) is 6.93. The Morgan fingerprint density at radius 2 is 1.71 bits per heavy atom. The highest BCUT2D eigenvalue weighted by Crippen LogP contribution is 2.39. The number of rotatable bonds is 6. The van der Waals surface area contributed by atoms with E-state index in [1.54, 1.807) is 24.5 Å². The number of benzene rings is 2. The second kappa shape index (κ2) is 9.72. The highest BCUT2D eigenvalue weighted by molar-refractivity contribution is 6.42. The maximum absolute atomic E-state index is 13.5. The van der Waals surface area contributed by atoms with Crippen LogP contribution >= 0.6 is 23.2 Å². The maximum Gasteiger partial charge on any atom is 0.419 e. The smallest absolute Gasteiger partial charge is 0.419 e. The van der Waals surface area contributed by atoms with Crippen LogP contribution in [0.1, 0.15) is 35.5 Å². The number of hydrogen-bond acceptors (Lipinski definition) is 3. The quantitative estimate of drug-likeness (QED) is 0.387. The molecule has 2 aromatic carbocycles. The van der Waals surface area contributed by atoms with Crippen LogP contribution in [0.4, 0.5) is 13.2 Å². The lowest BCUT2D eigenvalue weighted by atomic mass is 9.95. The summed E-state index contributed by atoms with van der Waals surface area (Å²) in [6.45, 7) is 5.14. The molecule has 3 rings (SSSR count). The number of alkyl halides is 3. The highest BCUT2D eigenvalue weighted by atomic mass is 35.5. The lowest BCUT2D eigenvalue weighted by Gasteiger charge is -2.22. The minimum atomic E-state index is -4.66. The van der Waals surface area contributed by atoms with E-state index >= 15 is 0 Å². The fourth-order valence-electron chi connectivity index (χ4n) is 3.90. The monoisotopic (exact) mass is 513 g/mol. The molecule has 0 saturated heterocycles. The summed E-state index contributed by atoms with van der Waals surface area (Å²) in [4.78, 5) is 25.7. The van der Waals surface area contributed by atoms with Crippen LogP contribution in [0, 0.1) is 6.92 Å². The van der Waals surface area contributed by atoms with E-state index in [-0.39, 0.29) is 40.0 Å². The van der Waals surface area contributed by atoms with Crippen molar-refractivity contribution in [2.24, 2.45) is 0 Å². The molecular formula is C24H20Cl2F3NO4. The van der Waals surface area contributed by atoms with Crippen LogP contribution in [0.3, 0.4) is 0 Å². The van der Waals surface area contributed by atoms with Gasteiger partial charge in [0.25, 0.3) is 0 Å². The van der Waals surface area contributed by atoms with Crippen molar-refractivity contribution in [1.29, 1.82) is 0 Å². The summed E-state index contributed by atoms with van der Waals surface area (Å²) in [7, 11) is 0. The molecule has 1 aromatic heterocycles. The molecule has 0 fully saturated rings. The minimum absolute atomic E-state index is 0.0264. The zero-order valence-corrected chi connectivity index (χ0v) is 19.9. The number of carbonyl (C=O) groups is 1. The van der Waals surface area contributed by atoms with Crippen LogP contribution in [-0.2, 0) is 12.7 Å².